The Morgan fingerprint density at radius 1 is 1.17 bits per heavy atom. The molecule has 7 heteroatoms. The Hall–Kier alpha value is -2.86. The van der Waals surface area contributed by atoms with E-state index in [1.165, 1.54) is 12.1 Å². The topological polar surface area (TPSA) is 78.6 Å². The predicted octanol–water partition coefficient (Wildman–Crippen LogP) is 3.56. The zero-order valence-electron chi connectivity index (χ0n) is 11.7. The monoisotopic (exact) mass is 331 g/mol. The average molecular weight is 332 g/mol. The highest BCUT2D eigenvalue weighted by Gasteiger charge is 2.11. The Morgan fingerprint density at radius 3 is 2.74 bits per heavy atom. The van der Waals surface area contributed by atoms with E-state index in [0.29, 0.717) is 5.39 Å². The fourth-order valence-electron chi connectivity index (χ4n) is 1.88. The summed E-state index contributed by atoms with van der Waals surface area (Å²) in [6.45, 7) is 0.0775. The van der Waals surface area contributed by atoms with Crippen LogP contribution in [0.25, 0.3) is 11.1 Å². The van der Waals surface area contributed by atoms with E-state index in [9.17, 15) is 9.59 Å². The molecule has 116 valence electrons. The molecule has 0 bridgehead atoms. The molecule has 0 saturated heterocycles. The van der Waals surface area contributed by atoms with Gasteiger partial charge < -0.3 is 13.9 Å². The standard InChI is InChI=1S/C16H10ClNO5/c17-12-8-14(19)23-15-11(12)6-7-13(18-15)22-16(20)21-9-10-4-2-1-3-5-10/h1-8H,9H2. The average Bonchev–Trinajstić information content (AvgIpc) is 2.53. The molecular formula is C16H10ClNO5. The van der Waals surface area contributed by atoms with Crippen molar-refractivity contribution in [3.63, 3.8) is 0 Å². The molecule has 3 rings (SSSR count). The van der Waals surface area contributed by atoms with Crippen LogP contribution in [0.5, 0.6) is 5.88 Å². The Bertz CT molecular complexity index is 907. The van der Waals surface area contributed by atoms with Gasteiger partial charge in [-0.1, -0.05) is 41.9 Å². The molecule has 0 atom stereocenters. The molecule has 0 aliphatic heterocycles. The number of carbonyl (C=O) groups is 1. The third-order valence-electron chi connectivity index (χ3n) is 2.92. The summed E-state index contributed by atoms with van der Waals surface area (Å²) in [5.74, 6) is -0.0546. The van der Waals surface area contributed by atoms with Gasteiger partial charge in [0.05, 0.1) is 10.4 Å². The normalized spacial score (nSPS) is 10.5. The molecular weight excluding hydrogens is 322 g/mol. The van der Waals surface area contributed by atoms with E-state index in [2.05, 4.69) is 4.98 Å². The highest BCUT2D eigenvalue weighted by molar-refractivity contribution is 6.35. The van der Waals surface area contributed by atoms with Crippen LogP contribution in [0.4, 0.5) is 4.79 Å². The first-order valence-corrected chi connectivity index (χ1v) is 6.98. The second-order valence-electron chi connectivity index (χ2n) is 4.54. The van der Waals surface area contributed by atoms with Gasteiger partial charge in [-0.3, -0.25) is 0 Å². The summed E-state index contributed by atoms with van der Waals surface area (Å²) in [7, 11) is 0. The molecule has 0 unspecified atom stereocenters. The van der Waals surface area contributed by atoms with E-state index in [1.54, 1.807) is 0 Å². The largest absolute Gasteiger partial charge is 0.515 e. The van der Waals surface area contributed by atoms with E-state index in [-0.39, 0.29) is 23.2 Å². The summed E-state index contributed by atoms with van der Waals surface area (Å²) < 4.78 is 14.8. The molecule has 0 radical (unpaired) electrons. The first-order chi connectivity index (χ1) is 11.1. The molecule has 0 saturated carbocycles. The van der Waals surface area contributed by atoms with Gasteiger partial charge in [-0.15, -0.1) is 0 Å². The smallest absolute Gasteiger partial charge is 0.429 e. The third-order valence-corrected chi connectivity index (χ3v) is 3.23. The van der Waals surface area contributed by atoms with E-state index >= 15 is 0 Å². The molecule has 0 N–H and O–H groups in total. The Morgan fingerprint density at radius 2 is 1.96 bits per heavy atom. The number of carbonyl (C=O) groups excluding carboxylic acids is 1. The maximum atomic E-state index is 11.7. The number of fused-ring (bicyclic) bond motifs is 1. The fraction of sp³-hybridized carbons (Fsp3) is 0.0625. The van der Waals surface area contributed by atoms with E-state index in [1.807, 2.05) is 30.3 Å². The summed E-state index contributed by atoms with van der Waals surface area (Å²) in [6, 6.07) is 13.3. The number of hydrogen-bond donors (Lipinski definition) is 0. The van der Waals surface area contributed by atoms with Crippen LogP contribution in [0.15, 0.2) is 57.7 Å². The van der Waals surface area contributed by atoms with E-state index in [4.69, 9.17) is 25.5 Å². The first kappa shape index (κ1) is 15.1. The molecule has 2 heterocycles. The number of benzene rings is 1. The summed E-state index contributed by atoms with van der Waals surface area (Å²) in [6.07, 6.45) is -0.912. The van der Waals surface area contributed by atoms with Crippen LogP contribution >= 0.6 is 11.6 Å². The molecule has 0 aliphatic rings. The molecule has 23 heavy (non-hydrogen) atoms. The van der Waals surface area contributed by atoms with E-state index in [0.717, 1.165) is 11.6 Å². The molecule has 3 aromatic rings. The lowest BCUT2D eigenvalue weighted by atomic mass is 10.2. The van der Waals surface area contributed by atoms with Crippen LogP contribution in [0, 0.1) is 0 Å². The summed E-state index contributed by atoms with van der Waals surface area (Å²) in [5, 5.41) is 0.651. The van der Waals surface area contributed by atoms with Crippen LogP contribution in [-0.2, 0) is 11.3 Å². The second-order valence-corrected chi connectivity index (χ2v) is 4.95. The molecule has 1 aromatic carbocycles. The quantitative estimate of drug-likeness (QED) is 0.683. The van der Waals surface area contributed by atoms with Crippen LogP contribution < -0.4 is 10.4 Å². The number of halogens is 1. The molecule has 0 amide bonds. The minimum absolute atomic E-state index is 0.0177. The van der Waals surface area contributed by atoms with Crippen molar-refractivity contribution in [1.82, 2.24) is 4.98 Å². The van der Waals surface area contributed by atoms with Gasteiger partial charge in [-0.2, -0.15) is 4.98 Å². The first-order valence-electron chi connectivity index (χ1n) is 6.61. The number of aromatic nitrogens is 1. The lowest BCUT2D eigenvalue weighted by Crippen LogP contribution is -2.11. The minimum atomic E-state index is -0.912. The maximum absolute atomic E-state index is 11.7. The van der Waals surface area contributed by atoms with Crippen LogP contribution in [0.1, 0.15) is 5.56 Å². The number of pyridine rings is 1. The minimum Gasteiger partial charge on any atom is -0.429 e. The van der Waals surface area contributed by atoms with Gasteiger partial charge in [0.25, 0.3) is 0 Å². The maximum Gasteiger partial charge on any atom is 0.515 e. The number of rotatable bonds is 3. The van der Waals surface area contributed by atoms with Gasteiger partial charge in [-0.25, -0.2) is 9.59 Å². The van der Waals surface area contributed by atoms with Crippen molar-refractivity contribution >= 4 is 28.9 Å². The predicted molar refractivity (Wildman–Crippen MR) is 82.5 cm³/mol. The number of ether oxygens (including phenoxy) is 2. The van der Waals surface area contributed by atoms with Crippen molar-refractivity contribution in [3.8, 4) is 5.88 Å². The third kappa shape index (κ3) is 3.67. The second kappa shape index (κ2) is 6.50. The van der Waals surface area contributed by atoms with Crippen molar-refractivity contribution in [1.29, 1.82) is 0 Å². The van der Waals surface area contributed by atoms with Crippen molar-refractivity contribution in [2.24, 2.45) is 0 Å². The van der Waals surface area contributed by atoms with Crippen molar-refractivity contribution in [2.45, 2.75) is 6.61 Å². The van der Waals surface area contributed by atoms with Gasteiger partial charge in [0.2, 0.25) is 11.6 Å². The lowest BCUT2D eigenvalue weighted by molar-refractivity contribution is 0.0913. The van der Waals surface area contributed by atoms with Crippen molar-refractivity contribution < 1.29 is 18.7 Å². The number of hydrogen-bond acceptors (Lipinski definition) is 6. The van der Waals surface area contributed by atoms with Gasteiger partial charge in [0, 0.05) is 12.1 Å². The SMILES string of the molecule is O=C(OCc1ccccc1)Oc1ccc2c(Cl)cc(=O)oc2n1. The van der Waals surface area contributed by atoms with Gasteiger partial charge in [0.15, 0.2) is 0 Å². The zero-order chi connectivity index (χ0) is 16.2. The van der Waals surface area contributed by atoms with E-state index < -0.39 is 11.8 Å². The summed E-state index contributed by atoms with van der Waals surface area (Å²) in [4.78, 5) is 26.8. The van der Waals surface area contributed by atoms with Crippen LogP contribution in [0.3, 0.4) is 0 Å². The summed E-state index contributed by atoms with van der Waals surface area (Å²) >= 11 is 5.91. The summed E-state index contributed by atoms with van der Waals surface area (Å²) in [5.41, 5.74) is 0.170. The Balaban J connectivity index is 1.71. The molecule has 0 aliphatic carbocycles. The van der Waals surface area contributed by atoms with Gasteiger partial charge in [-0.05, 0) is 11.6 Å². The lowest BCUT2D eigenvalue weighted by Gasteiger charge is -2.06. The zero-order valence-corrected chi connectivity index (χ0v) is 12.4. The number of nitrogens with zero attached hydrogens (tertiary/aromatic N) is 1. The highest BCUT2D eigenvalue weighted by Crippen LogP contribution is 2.22. The molecule has 2 aromatic heterocycles. The van der Waals surface area contributed by atoms with Gasteiger partial charge >= 0.3 is 11.8 Å². The highest BCUT2D eigenvalue weighted by atomic mass is 35.5. The molecule has 0 fully saturated rings. The van der Waals surface area contributed by atoms with Crippen LogP contribution in [-0.4, -0.2) is 11.1 Å². The molecule has 0 spiro atoms. The molecule has 6 nitrogen and oxygen atoms in total. The Kier molecular flexibility index (Phi) is 4.25. The van der Waals surface area contributed by atoms with Crippen LogP contribution in [0.2, 0.25) is 5.02 Å². The fourth-order valence-corrected chi connectivity index (χ4v) is 2.11. The Labute approximate surface area is 135 Å². The van der Waals surface area contributed by atoms with Gasteiger partial charge in [0.1, 0.15) is 6.61 Å². The van der Waals surface area contributed by atoms with Crippen molar-refractivity contribution in [2.75, 3.05) is 0 Å². The van der Waals surface area contributed by atoms with Crippen molar-refractivity contribution in [3.05, 3.63) is 69.5 Å².